The van der Waals surface area contributed by atoms with E-state index in [0.29, 0.717) is 0 Å². The van der Waals surface area contributed by atoms with Crippen LogP contribution in [0.15, 0.2) is 0 Å². The van der Waals surface area contributed by atoms with Crippen LogP contribution in [0.3, 0.4) is 0 Å². The monoisotopic (exact) mass is 277 g/mol. The molecule has 60 valence electrons. The summed E-state index contributed by atoms with van der Waals surface area (Å²) >= 11 is 1.26. The van der Waals surface area contributed by atoms with Gasteiger partial charge in [0.25, 0.3) is 5.95 Å². The molecule has 0 saturated carbocycles. The van der Waals surface area contributed by atoms with Crippen molar-refractivity contribution in [1.82, 2.24) is 4.98 Å². The fourth-order valence-corrected chi connectivity index (χ4v) is 0.910. The molecular formula is C5F4IN. The maximum atomic E-state index is 12.3. The van der Waals surface area contributed by atoms with Crippen LogP contribution >= 0.6 is 22.6 Å². The summed E-state index contributed by atoms with van der Waals surface area (Å²) in [5.41, 5.74) is 0. The third-order valence-electron chi connectivity index (χ3n) is 0.944. The summed E-state index contributed by atoms with van der Waals surface area (Å²) in [4.78, 5) is 2.76. The molecule has 0 bridgehead atoms. The average molecular weight is 277 g/mol. The summed E-state index contributed by atoms with van der Waals surface area (Å²) in [6.07, 6.45) is 0. The zero-order valence-corrected chi connectivity index (χ0v) is 6.99. The normalized spacial score (nSPS) is 10.3. The van der Waals surface area contributed by atoms with Gasteiger partial charge in [0, 0.05) is 0 Å². The lowest BCUT2D eigenvalue weighted by molar-refractivity contribution is 0.386. The largest absolute Gasteiger partial charge is 0.253 e. The minimum Gasteiger partial charge on any atom is -0.208 e. The zero-order valence-electron chi connectivity index (χ0n) is 4.84. The molecule has 0 fully saturated rings. The highest BCUT2D eigenvalue weighted by Gasteiger charge is 2.18. The zero-order chi connectivity index (χ0) is 8.59. The predicted octanol–water partition coefficient (Wildman–Crippen LogP) is 2.24. The van der Waals surface area contributed by atoms with Gasteiger partial charge in [-0.3, -0.25) is 0 Å². The highest BCUT2D eigenvalue weighted by atomic mass is 127. The van der Waals surface area contributed by atoms with Crippen LogP contribution < -0.4 is 0 Å². The molecule has 1 rings (SSSR count). The third kappa shape index (κ3) is 1.44. The maximum Gasteiger partial charge on any atom is 0.253 e. The van der Waals surface area contributed by atoms with Gasteiger partial charge in [0.1, 0.15) is 3.70 Å². The van der Waals surface area contributed by atoms with Crippen molar-refractivity contribution < 1.29 is 17.6 Å². The van der Waals surface area contributed by atoms with Gasteiger partial charge >= 0.3 is 0 Å². The summed E-state index contributed by atoms with van der Waals surface area (Å²) < 4.78 is 48.2. The Morgan fingerprint density at radius 2 is 1.45 bits per heavy atom. The van der Waals surface area contributed by atoms with E-state index in [4.69, 9.17) is 0 Å². The van der Waals surface area contributed by atoms with Crippen molar-refractivity contribution in [3.8, 4) is 0 Å². The Kier molecular flexibility index (Phi) is 2.31. The number of rotatable bonds is 0. The molecule has 0 unspecified atom stereocenters. The van der Waals surface area contributed by atoms with Crippen LogP contribution in [0.1, 0.15) is 0 Å². The Hall–Kier alpha value is -0.400. The van der Waals surface area contributed by atoms with E-state index in [1.54, 1.807) is 0 Å². The maximum absolute atomic E-state index is 12.3. The van der Waals surface area contributed by atoms with Crippen molar-refractivity contribution in [3.63, 3.8) is 0 Å². The number of nitrogens with zero attached hydrogens (tertiary/aromatic N) is 1. The van der Waals surface area contributed by atoms with Gasteiger partial charge in [-0.2, -0.15) is 8.78 Å². The second kappa shape index (κ2) is 2.92. The van der Waals surface area contributed by atoms with Crippen molar-refractivity contribution in [2.45, 2.75) is 0 Å². The summed E-state index contributed by atoms with van der Waals surface area (Å²) in [5, 5.41) is 0. The van der Waals surface area contributed by atoms with Gasteiger partial charge in [0.05, 0.1) is 0 Å². The molecule has 0 aromatic carbocycles. The van der Waals surface area contributed by atoms with Gasteiger partial charge in [-0.1, -0.05) is 0 Å². The summed E-state index contributed by atoms with van der Waals surface area (Å²) in [6, 6.07) is 0. The van der Waals surface area contributed by atoms with E-state index in [0.717, 1.165) is 0 Å². The molecule has 6 heteroatoms. The van der Waals surface area contributed by atoms with Crippen molar-refractivity contribution in [2.24, 2.45) is 0 Å². The topological polar surface area (TPSA) is 12.9 Å². The average Bonchev–Trinajstić information content (AvgIpc) is 1.97. The first-order valence-corrected chi connectivity index (χ1v) is 3.47. The Bertz CT molecular complexity index is 275. The summed E-state index contributed by atoms with van der Waals surface area (Å²) in [7, 11) is 0. The van der Waals surface area contributed by atoms with Gasteiger partial charge in [0.15, 0.2) is 5.82 Å². The Labute approximate surface area is 72.6 Å². The van der Waals surface area contributed by atoms with Crippen LogP contribution in [-0.2, 0) is 0 Å². The molecule has 0 amide bonds. The van der Waals surface area contributed by atoms with Crippen molar-refractivity contribution in [2.75, 3.05) is 0 Å². The lowest BCUT2D eigenvalue weighted by atomic mass is 10.4. The van der Waals surface area contributed by atoms with Gasteiger partial charge in [-0.05, 0) is 22.6 Å². The van der Waals surface area contributed by atoms with Gasteiger partial charge < -0.3 is 0 Å². The van der Waals surface area contributed by atoms with Crippen LogP contribution in [0, 0.1) is 27.1 Å². The second-order valence-electron chi connectivity index (χ2n) is 1.64. The van der Waals surface area contributed by atoms with Crippen molar-refractivity contribution in [3.05, 3.63) is 27.1 Å². The van der Waals surface area contributed by atoms with Crippen LogP contribution in [0.2, 0.25) is 0 Å². The lowest BCUT2D eigenvalue weighted by Gasteiger charge is -1.96. The molecule has 1 aromatic heterocycles. The fraction of sp³-hybridized carbons (Fsp3) is 0. The van der Waals surface area contributed by atoms with Gasteiger partial charge in [-0.15, -0.1) is 0 Å². The van der Waals surface area contributed by atoms with Crippen molar-refractivity contribution >= 4 is 22.6 Å². The minimum absolute atomic E-state index is 0.529. The SMILES string of the molecule is Fc1nc(I)c(F)c(F)c1F. The third-order valence-corrected chi connectivity index (χ3v) is 1.66. The first-order valence-electron chi connectivity index (χ1n) is 2.39. The highest BCUT2D eigenvalue weighted by Crippen LogP contribution is 2.16. The standard InChI is InChI=1S/C5F4IN/c6-1-2(7)4(9)11-5(10)3(1)8. The smallest absolute Gasteiger partial charge is 0.208 e. The van der Waals surface area contributed by atoms with Crippen molar-refractivity contribution in [1.29, 1.82) is 0 Å². The molecule has 0 aliphatic carbocycles. The van der Waals surface area contributed by atoms with E-state index >= 15 is 0 Å². The Morgan fingerprint density at radius 1 is 0.909 bits per heavy atom. The lowest BCUT2D eigenvalue weighted by Crippen LogP contribution is -2.02. The molecule has 0 aliphatic rings. The van der Waals surface area contributed by atoms with E-state index in [9.17, 15) is 17.6 Å². The number of pyridine rings is 1. The van der Waals surface area contributed by atoms with Crippen LogP contribution in [0.4, 0.5) is 17.6 Å². The Balaban J connectivity index is 3.46. The highest BCUT2D eigenvalue weighted by molar-refractivity contribution is 14.1. The van der Waals surface area contributed by atoms with E-state index in [2.05, 4.69) is 4.98 Å². The molecule has 0 aliphatic heterocycles. The summed E-state index contributed by atoms with van der Waals surface area (Å²) in [5.74, 6) is -6.82. The molecule has 0 radical (unpaired) electrons. The first kappa shape index (κ1) is 8.69. The molecule has 0 atom stereocenters. The molecular weight excluding hydrogens is 277 g/mol. The number of halogens is 5. The van der Waals surface area contributed by atoms with E-state index < -0.39 is 27.1 Å². The fourth-order valence-electron chi connectivity index (χ4n) is 0.462. The molecule has 1 heterocycles. The van der Waals surface area contributed by atoms with Crippen LogP contribution in [-0.4, -0.2) is 4.98 Å². The van der Waals surface area contributed by atoms with Crippen LogP contribution in [0.25, 0.3) is 0 Å². The molecule has 11 heavy (non-hydrogen) atoms. The molecule has 1 nitrogen and oxygen atoms in total. The molecule has 0 N–H and O–H groups in total. The minimum atomic E-state index is -1.89. The second-order valence-corrected chi connectivity index (χ2v) is 2.66. The number of aromatic nitrogens is 1. The molecule has 0 spiro atoms. The Morgan fingerprint density at radius 3 is 2.00 bits per heavy atom. The van der Waals surface area contributed by atoms with E-state index in [1.807, 2.05) is 0 Å². The quantitative estimate of drug-likeness (QED) is 0.402. The van der Waals surface area contributed by atoms with Gasteiger partial charge in [-0.25, -0.2) is 13.8 Å². The van der Waals surface area contributed by atoms with Gasteiger partial charge in [0.2, 0.25) is 11.6 Å². The number of hydrogen-bond donors (Lipinski definition) is 0. The van der Waals surface area contributed by atoms with E-state index in [-0.39, 0.29) is 0 Å². The summed E-state index contributed by atoms with van der Waals surface area (Å²) in [6.45, 7) is 0. The number of hydrogen-bond acceptors (Lipinski definition) is 1. The van der Waals surface area contributed by atoms with E-state index in [1.165, 1.54) is 22.6 Å². The molecule has 1 aromatic rings. The first-order chi connectivity index (χ1) is 5.04. The molecule has 0 saturated heterocycles. The predicted molar refractivity (Wildman–Crippen MR) is 36.8 cm³/mol. The van der Waals surface area contributed by atoms with Crippen LogP contribution in [0.5, 0.6) is 0 Å².